The summed E-state index contributed by atoms with van der Waals surface area (Å²) in [7, 11) is 5.34. The zero-order valence-electron chi connectivity index (χ0n) is 20.8. The van der Waals surface area contributed by atoms with E-state index in [0.717, 1.165) is 44.4 Å². The number of benzene rings is 1. The first-order valence-electron chi connectivity index (χ1n) is 11.9. The number of pyridine rings is 1. The lowest BCUT2D eigenvalue weighted by Gasteiger charge is -2.32. The molecule has 1 saturated heterocycles. The van der Waals surface area contributed by atoms with Crippen LogP contribution in [0.25, 0.3) is 12.2 Å². The average molecular weight is 532 g/mol. The molecule has 1 N–H and O–H groups in total. The minimum Gasteiger partial charge on any atom is -0.495 e. The van der Waals surface area contributed by atoms with E-state index >= 15 is 0 Å². The van der Waals surface area contributed by atoms with Crippen molar-refractivity contribution in [3.05, 3.63) is 44.5 Å². The fraction of sp³-hybridized carbons (Fsp3) is 0.462. The topological polar surface area (TPSA) is 82.9 Å². The molecule has 4 rings (SSSR count). The number of methoxy groups -OCH3 is 2. The van der Waals surface area contributed by atoms with Crippen LogP contribution in [0.15, 0.2) is 18.3 Å². The number of piperazine rings is 1. The van der Waals surface area contributed by atoms with E-state index in [9.17, 15) is 5.26 Å². The Morgan fingerprint density at radius 3 is 2.58 bits per heavy atom. The number of aromatic nitrogens is 1. The fourth-order valence-electron chi connectivity index (χ4n) is 4.41. The van der Waals surface area contributed by atoms with Gasteiger partial charge in [-0.3, -0.25) is 4.98 Å². The van der Waals surface area contributed by atoms with E-state index in [-0.39, 0.29) is 12.2 Å². The van der Waals surface area contributed by atoms with Gasteiger partial charge in [0.15, 0.2) is 0 Å². The molecule has 1 aromatic carbocycles. The van der Waals surface area contributed by atoms with E-state index in [4.69, 9.17) is 37.4 Å². The summed E-state index contributed by atoms with van der Waals surface area (Å²) in [6.07, 6.45) is 5.79. The van der Waals surface area contributed by atoms with E-state index in [1.165, 1.54) is 7.11 Å². The first-order chi connectivity index (χ1) is 17.4. The molecule has 0 amide bonds. The molecule has 1 aliphatic carbocycles. The molecule has 2 aromatic rings. The van der Waals surface area contributed by atoms with Crippen molar-refractivity contribution in [3.8, 4) is 11.8 Å². The second-order valence-corrected chi connectivity index (χ2v) is 9.73. The smallest absolute Gasteiger partial charge is 0.139 e. The molecule has 192 valence electrons. The van der Waals surface area contributed by atoms with Crippen molar-refractivity contribution in [2.45, 2.75) is 18.6 Å². The minimum atomic E-state index is -0.326. The molecule has 1 fully saturated rings. The lowest BCUT2D eigenvalue weighted by molar-refractivity contribution is 0.000614. The highest BCUT2D eigenvalue weighted by Crippen LogP contribution is 2.35. The van der Waals surface area contributed by atoms with Gasteiger partial charge in [-0.15, -0.1) is 0 Å². The standard InChI is InChI=1S/C26H31Cl2N5O3/c1-32-6-8-33(9-7-32)5-4-10-36-25-13-21-18(11-24(25)35-3)26(17(15-29)16-30-21)31-22-14-23(34-2)20(28)12-19(22)27/h11-14,16,24-25,31H,4-10H2,1-3H3. The number of nitriles is 1. The van der Waals surface area contributed by atoms with Gasteiger partial charge in [0.05, 0.1) is 39.4 Å². The van der Waals surface area contributed by atoms with Crippen LogP contribution in [0.1, 0.15) is 12.0 Å². The van der Waals surface area contributed by atoms with Gasteiger partial charge in [-0.1, -0.05) is 23.2 Å². The maximum absolute atomic E-state index is 9.76. The predicted octanol–water partition coefficient (Wildman–Crippen LogP) is 2.62. The molecule has 8 nitrogen and oxygen atoms in total. The Balaban J connectivity index is 1.54. The van der Waals surface area contributed by atoms with Gasteiger partial charge in [0.25, 0.3) is 0 Å². The number of likely N-dealkylation sites (N-methyl/N-ethyl adjacent to an activating group) is 1. The van der Waals surface area contributed by atoms with E-state index in [2.05, 4.69) is 33.2 Å². The van der Waals surface area contributed by atoms with Gasteiger partial charge in [0, 0.05) is 63.9 Å². The van der Waals surface area contributed by atoms with Crippen LogP contribution in [-0.4, -0.2) is 87.6 Å². The van der Waals surface area contributed by atoms with E-state index in [1.807, 2.05) is 12.2 Å². The van der Waals surface area contributed by atoms with Gasteiger partial charge >= 0.3 is 0 Å². The molecule has 2 atom stereocenters. The van der Waals surface area contributed by atoms with Crippen LogP contribution in [0.5, 0.6) is 5.75 Å². The molecule has 1 aliphatic heterocycles. The molecule has 2 unspecified atom stereocenters. The Morgan fingerprint density at radius 1 is 1.11 bits per heavy atom. The molecule has 0 saturated carbocycles. The number of ether oxygens (including phenoxy) is 3. The van der Waals surface area contributed by atoms with E-state index < -0.39 is 0 Å². The van der Waals surface area contributed by atoms with Gasteiger partial charge in [0.1, 0.15) is 24.0 Å². The Labute approximate surface area is 221 Å². The maximum Gasteiger partial charge on any atom is 0.139 e. The summed E-state index contributed by atoms with van der Waals surface area (Å²) >= 11 is 12.6. The highest BCUT2D eigenvalue weighted by atomic mass is 35.5. The van der Waals surface area contributed by atoms with Crippen molar-refractivity contribution in [3.63, 3.8) is 0 Å². The Hall–Kier alpha value is -2.38. The van der Waals surface area contributed by atoms with Gasteiger partial charge in [0.2, 0.25) is 0 Å². The SMILES string of the molecule is COc1cc(Nc2c(C#N)cnc3c2=CC(OC)C(OCCCN2CCN(C)CC2)C=3)c(Cl)cc1Cl. The number of hydrogen-bond acceptors (Lipinski definition) is 8. The third kappa shape index (κ3) is 6.12. The molecule has 0 radical (unpaired) electrons. The summed E-state index contributed by atoms with van der Waals surface area (Å²) in [6.45, 7) is 6.04. The summed E-state index contributed by atoms with van der Waals surface area (Å²) in [5.74, 6) is 0.473. The summed E-state index contributed by atoms with van der Waals surface area (Å²) in [5.41, 5.74) is 1.53. The Bertz CT molecular complexity index is 1240. The Kier molecular flexibility index (Phi) is 9.07. The second-order valence-electron chi connectivity index (χ2n) is 8.92. The Morgan fingerprint density at radius 2 is 1.89 bits per heavy atom. The van der Waals surface area contributed by atoms with Gasteiger partial charge in [-0.2, -0.15) is 5.26 Å². The number of rotatable bonds is 9. The van der Waals surface area contributed by atoms with Crippen LogP contribution < -0.4 is 20.6 Å². The zero-order valence-corrected chi connectivity index (χ0v) is 22.3. The van der Waals surface area contributed by atoms with Crippen LogP contribution >= 0.6 is 23.2 Å². The van der Waals surface area contributed by atoms with Crippen LogP contribution in [0.4, 0.5) is 11.4 Å². The molecule has 2 aliphatic rings. The minimum absolute atomic E-state index is 0.275. The molecule has 2 heterocycles. The van der Waals surface area contributed by atoms with Crippen LogP contribution in [-0.2, 0) is 9.47 Å². The van der Waals surface area contributed by atoms with Crippen molar-refractivity contribution in [1.29, 1.82) is 5.26 Å². The van der Waals surface area contributed by atoms with Crippen molar-refractivity contribution in [1.82, 2.24) is 14.8 Å². The van der Waals surface area contributed by atoms with Gasteiger partial charge in [-0.25, -0.2) is 0 Å². The number of fused-ring (bicyclic) bond motifs is 1. The van der Waals surface area contributed by atoms with E-state index in [0.29, 0.717) is 44.7 Å². The largest absolute Gasteiger partial charge is 0.495 e. The number of nitrogens with one attached hydrogen (secondary N) is 1. The van der Waals surface area contributed by atoms with E-state index in [1.54, 1.807) is 25.4 Å². The zero-order chi connectivity index (χ0) is 25.7. The highest BCUT2D eigenvalue weighted by Gasteiger charge is 2.24. The monoisotopic (exact) mass is 531 g/mol. The second kappa shape index (κ2) is 12.2. The number of anilines is 2. The first-order valence-corrected chi connectivity index (χ1v) is 12.7. The molecule has 0 bridgehead atoms. The molecular weight excluding hydrogens is 501 g/mol. The van der Waals surface area contributed by atoms with Gasteiger partial charge in [-0.05, 0) is 31.7 Å². The molecule has 10 heteroatoms. The number of hydrogen-bond donors (Lipinski definition) is 1. The molecule has 0 spiro atoms. The number of nitrogens with zero attached hydrogens (tertiary/aromatic N) is 4. The lowest BCUT2D eigenvalue weighted by Crippen LogP contribution is -2.45. The normalized spacial score (nSPS) is 20.1. The summed E-state index contributed by atoms with van der Waals surface area (Å²) in [6, 6.07) is 5.51. The highest BCUT2D eigenvalue weighted by molar-refractivity contribution is 6.37. The quantitative estimate of drug-likeness (QED) is 0.494. The van der Waals surface area contributed by atoms with Crippen molar-refractivity contribution in [2.24, 2.45) is 0 Å². The molecule has 36 heavy (non-hydrogen) atoms. The van der Waals surface area contributed by atoms with Crippen LogP contribution in [0, 0.1) is 11.3 Å². The summed E-state index contributed by atoms with van der Waals surface area (Å²) in [5, 5.41) is 15.3. The first kappa shape index (κ1) is 26.7. The third-order valence-corrected chi connectivity index (χ3v) is 7.15. The van der Waals surface area contributed by atoms with Crippen molar-refractivity contribution >= 4 is 46.7 Å². The average Bonchev–Trinajstić information content (AvgIpc) is 2.88. The lowest BCUT2D eigenvalue weighted by atomic mass is 10.0. The maximum atomic E-state index is 9.76. The van der Waals surface area contributed by atoms with Crippen molar-refractivity contribution in [2.75, 3.05) is 65.9 Å². The third-order valence-electron chi connectivity index (χ3n) is 6.54. The predicted molar refractivity (Wildman–Crippen MR) is 143 cm³/mol. The summed E-state index contributed by atoms with van der Waals surface area (Å²) < 4.78 is 17.3. The van der Waals surface area contributed by atoms with Crippen molar-refractivity contribution < 1.29 is 14.2 Å². The fourth-order valence-corrected chi connectivity index (χ4v) is 4.92. The van der Waals surface area contributed by atoms with Crippen LogP contribution in [0.3, 0.4) is 0 Å². The summed E-state index contributed by atoms with van der Waals surface area (Å²) in [4.78, 5) is 9.34. The molecule has 1 aromatic heterocycles. The van der Waals surface area contributed by atoms with Crippen LogP contribution in [0.2, 0.25) is 10.0 Å². The van der Waals surface area contributed by atoms with Gasteiger partial charge < -0.3 is 29.3 Å². The number of halogens is 2. The molecular formula is C26H31Cl2N5O3.